The van der Waals surface area contributed by atoms with Gasteiger partial charge in [0.1, 0.15) is 12.4 Å². The van der Waals surface area contributed by atoms with Gasteiger partial charge in [0.05, 0.1) is 4.47 Å². The number of hydrogen-bond donors (Lipinski definition) is 1. The SMILES string of the molecule is O[CH]c1cccc(OC(F)F)c1Br. The van der Waals surface area contributed by atoms with Crippen LogP contribution >= 0.6 is 15.9 Å². The van der Waals surface area contributed by atoms with Gasteiger partial charge in [0.2, 0.25) is 0 Å². The Morgan fingerprint density at radius 2 is 2.15 bits per heavy atom. The lowest BCUT2D eigenvalue weighted by Gasteiger charge is -2.08. The maximum Gasteiger partial charge on any atom is 0.387 e. The lowest BCUT2D eigenvalue weighted by molar-refractivity contribution is -0.0504. The molecule has 0 aliphatic rings. The normalized spacial score (nSPS) is 10.5. The summed E-state index contributed by atoms with van der Waals surface area (Å²) in [7, 11) is 0. The highest BCUT2D eigenvalue weighted by Gasteiger charge is 2.10. The minimum Gasteiger partial charge on any atom is -0.434 e. The van der Waals surface area contributed by atoms with E-state index in [1.165, 1.54) is 12.1 Å². The first-order valence-electron chi connectivity index (χ1n) is 3.36. The highest BCUT2D eigenvalue weighted by Crippen LogP contribution is 2.30. The van der Waals surface area contributed by atoms with Crippen molar-refractivity contribution in [1.82, 2.24) is 0 Å². The number of aliphatic hydroxyl groups excluding tert-OH is 1. The molecule has 1 rings (SSSR count). The van der Waals surface area contributed by atoms with Crippen LogP contribution in [0.2, 0.25) is 0 Å². The Balaban J connectivity index is 2.94. The number of benzene rings is 1. The van der Waals surface area contributed by atoms with E-state index in [4.69, 9.17) is 5.11 Å². The zero-order valence-corrected chi connectivity index (χ0v) is 7.96. The molecule has 0 fully saturated rings. The van der Waals surface area contributed by atoms with Crippen LogP contribution in [-0.4, -0.2) is 11.7 Å². The van der Waals surface area contributed by atoms with Gasteiger partial charge >= 0.3 is 6.61 Å². The predicted molar refractivity (Wildman–Crippen MR) is 46.1 cm³/mol. The summed E-state index contributed by atoms with van der Waals surface area (Å²) in [5.74, 6) is -0.00204. The van der Waals surface area contributed by atoms with Gasteiger partial charge in [-0.15, -0.1) is 0 Å². The predicted octanol–water partition coefficient (Wildman–Crippen LogP) is 2.93. The summed E-state index contributed by atoms with van der Waals surface area (Å²) in [6.45, 7) is -2.06. The standard InChI is InChI=1S/C8H6BrF2O2/c9-7-5(4-12)2-1-3-6(7)13-8(10)11/h1-4,8,12H. The fraction of sp³-hybridized carbons (Fsp3) is 0.125. The Morgan fingerprint density at radius 1 is 1.46 bits per heavy atom. The maximum absolute atomic E-state index is 11.8. The summed E-state index contributed by atoms with van der Waals surface area (Å²) in [4.78, 5) is 0. The number of alkyl halides is 2. The van der Waals surface area contributed by atoms with E-state index in [0.29, 0.717) is 10.0 Å². The average Bonchev–Trinajstić information content (AvgIpc) is 2.08. The van der Waals surface area contributed by atoms with Crippen LogP contribution in [0, 0.1) is 6.61 Å². The first-order chi connectivity index (χ1) is 6.15. The highest BCUT2D eigenvalue weighted by atomic mass is 79.9. The molecule has 0 amide bonds. The quantitative estimate of drug-likeness (QED) is 0.896. The van der Waals surface area contributed by atoms with Gasteiger partial charge < -0.3 is 9.84 Å². The summed E-state index contributed by atoms with van der Waals surface area (Å²) < 4.78 is 28.1. The van der Waals surface area contributed by atoms with Gasteiger partial charge in [-0.1, -0.05) is 12.1 Å². The van der Waals surface area contributed by atoms with Crippen LogP contribution < -0.4 is 4.74 Å². The number of halogens is 3. The number of ether oxygens (including phenoxy) is 1. The Hall–Kier alpha value is -0.680. The van der Waals surface area contributed by atoms with E-state index in [-0.39, 0.29) is 5.75 Å². The third-order valence-electron chi connectivity index (χ3n) is 1.35. The first kappa shape index (κ1) is 10.4. The largest absolute Gasteiger partial charge is 0.434 e. The minimum atomic E-state index is -2.87. The van der Waals surface area contributed by atoms with E-state index < -0.39 is 6.61 Å². The Labute approximate surface area is 82.3 Å². The molecule has 0 saturated carbocycles. The molecule has 0 bridgehead atoms. The zero-order valence-electron chi connectivity index (χ0n) is 6.38. The second kappa shape index (κ2) is 4.53. The van der Waals surface area contributed by atoms with Crippen molar-refractivity contribution in [1.29, 1.82) is 0 Å². The van der Waals surface area contributed by atoms with E-state index in [1.807, 2.05) is 0 Å². The van der Waals surface area contributed by atoms with Crippen LogP contribution in [0.1, 0.15) is 5.56 Å². The van der Waals surface area contributed by atoms with Crippen molar-refractivity contribution in [2.75, 3.05) is 0 Å². The van der Waals surface area contributed by atoms with Gasteiger partial charge in [0.25, 0.3) is 0 Å². The molecule has 1 aromatic carbocycles. The molecule has 5 heteroatoms. The molecule has 0 heterocycles. The van der Waals surface area contributed by atoms with Crippen molar-refractivity contribution >= 4 is 15.9 Å². The molecular formula is C8H6BrF2O2. The molecule has 0 aliphatic heterocycles. The van der Waals surface area contributed by atoms with E-state index in [1.54, 1.807) is 6.07 Å². The van der Waals surface area contributed by atoms with Crippen LogP contribution in [0.15, 0.2) is 22.7 Å². The van der Waals surface area contributed by atoms with Crippen molar-refractivity contribution in [2.45, 2.75) is 6.61 Å². The molecule has 0 saturated heterocycles. The van der Waals surface area contributed by atoms with E-state index in [2.05, 4.69) is 20.7 Å². The van der Waals surface area contributed by atoms with Crippen molar-refractivity contribution in [3.63, 3.8) is 0 Å². The molecule has 71 valence electrons. The maximum atomic E-state index is 11.8. The van der Waals surface area contributed by atoms with E-state index in [9.17, 15) is 8.78 Å². The highest BCUT2D eigenvalue weighted by molar-refractivity contribution is 9.10. The second-order valence-electron chi connectivity index (χ2n) is 2.17. The topological polar surface area (TPSA) is 29.5 Å². The summed E-state index contributed by atoms with van der Waals surface area (Å²) in [5, 5.41) is 8.68. The van der Waals surface area contributed by atoms with Gasteiger partial charge in [-0.05, 0) is 22.0 Å². The minimum absolute atomic E-state index is 0.00204. The van der Waals surface area contributed by atoms with Crippen molar-refractivity contribution in [3.8, 4) is 5.75 Å². The molecular weight excluding hydrogens is 246 g/mol. The van der Waals surface area contributed by atoms with Crippen molar-refractivity contribution < 1.29 is 18.6 Å². The molecule has 1 radical (unpaired) electrons. The summed E-state index contributed by atoms with van der Waals surface area (Å²) >= 11 is 3.02. The van der Waals surface area contributed by atoms with Crippen LogP contribution in [0.5, 0.6) is 5.75 Å². The third kappa shape index (κ3) is 2.63. The van der Waals surface area contributed by atoms with Crippen LogP contribution in [0.3, 0.4) is 0 Å². The van der Waals surface area contributed by atoms with Crippen LogP contribution in [0.25, 0.3) is 0 Å². The van der Waals surface area contributed by atoms with E-state index in [0.717, 1.165) is 6.61 Å². The van der Waals surface area contributed by atoms with Gasteiger partial charge in [-0.2, -0.15) is 8.78 Å². The molecule has 0 aromatic heterocycles. The molecule has 13 heavy (non-hydrogen) atoms. The van der Waals surface area contributed by atoms with Crippen molar-refractivity contribution in [3.05, 3.63) is 34.8 Å². The molecule has 0 unspecified atom stereocenters. The van der Waals surface area contributed by atoms with Gasteiger partial charge in [0.15, 0.2) is 0 Å². The lowest BCUT2D eigenvalue weighted by Crippen LogP contribution is -2.03. The Kier molecular flexibility index (Phi) is 3.62. The molecule has 2 nitrogen and oxygen atoms in total. The lowest BCUT2D eigenvalue weighted by atomic mass is 10.2. The average molecular weight is 252 g/mol. The van der Waals surface area contributed by atoms with E-state index >= 15 is 0 Å². The number of rotatable bonds is 3. The van der Waals surface area contributed by atoms with Crippen LogP contribution in [-0.2, 0) is 0 Å². The molecule has 0 spiro atoms. The third-order valence-corrected chi connectivity index (χ3v) is 2.20. The molecule has 0 atom stereocenters. The Bertz CT molecular complexity index is 291. The molecule has 0 aliphatic carbocycles. The van der Waals surface area contributed by atoms with Gasteiger partial charge in [-0.3, -0.25) is 0 Å². The monoisotopic (exact) mass is 251 g/mol. The zero-order chi connectivity index (χ0) is 9.84. The summed E-state index contributed by atoms with van der Waals surface area (Å²) in [6, 6.07) is 4.44. The smallest absolute Gasteiger partial charge is 0.387 e. The fourth-order valence-corrected chi connectivity index (χ4v) is 1.27. The molecule has 1 aromatic rings. The van der Waals surface area contributed by atoms with Gasteiger partial charge in [-0.25, -0.2) is 0 Å². The fourth-order valence-electron chi connectivity index (χ4n) is 0.814. The summed E-state index contributed by atoms with van der Waals surface area (Å²) in [5.41, 5.74) is 0.387. The second-order valence-corrected chi connectivity index (χ2v) is 2.96. The summed E-state index contributed by atoms with van der Waals surface area (Å²) in [6.07, 6.45) is 0. The molecule has 1 N–H and O–H groups in total. The first-order valence-corrected chi connectivity index (χ1v) is 4.15. The number of aliphatic hydroxyl groups is 1. The number of hydrogen-bond acceptors (Lipinski definition) is 2. The Morgan fingerprint density at radius 3 is 2.69 bits per heavy atom. The van der Waals surface area contributed by atoms with Crippen LogP contribution in [0.4, 0.5) is 8.78 Å². The van der Waals surface area contributed by atoms with Crippen molar-refractivity contribution in [2.24, 2.45) is 0 Å². The van der Waals surface area contributed by atoms with Gasteiger partial charge in [0, 0.05) is 5.56 Å².